The minimum absolute atomic E-state index is 0.0586. The average molecular weight is 379 g/mol. The zero-order valence-electron chi connectivity index (χ0n) is 15.4. The van der Waals surface area contributed by atoms with E-state index in [1.165, 1.54) is 16.6 Å². The second-order valence-electron chi connectivity index (χ2n) is 6.29. The SMILES string of the molecule is CCOC(=O)c1nnn2c1c(NC(C)c1ccccc1)nc1cc(F)ccc12. The van der Waals surface area contributed by atoms with Crippen molar-refractivity contribution in [2.45, 2.75) is 19.9 Å². The van der Waals surface area contributed by atoms with Crippen LogP contribution in [0.3, 0.4) is 0 Å². The van der Waals surface area contributed by atoms with Gasteiger partial charge in [-0.3, -0.25) is 0 Å². The highest BCUT2D eigenvalue weighted by atomic mass is 19.1. The Kier molecular flexibility index (Phi) is 4.60. The van der Waals surface area contributed by atoms with E-state index in [0.29, 0.717) is 22.4 Å². The zero-order valence-corrected chi connectivity index (χ0v) is 15.4. The number of hydrogen-bond donors (Lipinski definition) is 1. The molecule has 0 radical (unpaired) electrons. The first-order chi connectivity index (χ1) is 13.6. The quantitative estimate of drug-likeness (QED) is 0.532. The summed E-state index contributed by atoms with van der Waals surface area (Å²) in [5.41, 5.74) is 2.42. The molecule has 0 saturated heterocycles. The minimum Gasteiger partial charge on any atom is -0.461 e. The summed E-state index contributed by atoms with van der Waals surface area (Å²) in [4.78, 5) is 16.9. The highest BCUT2D eigenvalue weighted by Crippen LogP contribution is 2.27. The van der Waals surface area contributed by atoms with Crippen molar-refractivity contribution in [3.05, 3.63) is 65.6 Å². The molecule has 0 bridgehead atoms. The van der Waals surface area contributed by atoms with Crippen LogP contribution in [0.2, 0.25) is 0 Å². The van der Waals surface area contributed by atoms with Crippen LogP contribution in [-0.4, -0.2) is 32.4 Å². The van der Waals surface area contributed by atoms with Gasteiger partial charge in [-0.25, -0.2) is 18.7 Å². The fourth-order valence-corrected chi connectivity index (χ4v) is 3.07. The summed E-state index contributed by atoms with van der Waals surface area (Å²) in [5.74, 6) is -0.620. The van der Waals surface area contributed by atoms with Crippen LogP contribution in [0, 0.1) is 5.82 Å². The number of hydrogen-bond acceptors (Lipinski definition) is 6. The van der Waals surface area contributed by atoms with E-state index in [2.05, 4.69) is 20.6 Å². The lowest BCUT2D eigenvalue weighted by molar-refractivity contribution is 0.0521. The normalized spacial score (nSPS) is 12.2. The fraction of sp³-hybridized carbons (Fsp3) is 0.200. The maximum absolute atomic E-state index is 13.7. The van der Waals surface area contributed by atoms with Crippen LogP contribution >= 0.6 is 0 Å². The van der Waals surface area contributed by atoms with Gasteiger partial charge in [-0.2, -0.15) is 0 Å². The van der Waals surface area contributed by atoms with Gasteiger partial charge < -0.3 is 10.1 Å². The van der Waals surface area contributed by atoms with Gasteiger partial charge in [0, 0.05) is 6.07 Å². The Morgan fingerprint density at radius 3 is 2.79 bits per heavy atom. The van der Waals surface area contributed by atoms with E-state index < -0.39 is 11.8 Å². The third kappa shape index (κ3) is 3.13. The van der Waals surface area contributed by atoms with E-state index >= 15 is 0 Å². The molecule has 0 aliphatic carbocycles. The second kappa shape index (κ2) is 7.22. The molecule has 8 heteroatoms. The van der Waals surface area contributed by atoms with Gasteiger partial charge in [0.05, 0.1) is 23.7 Å². The summed E-state index contributed by atoms with van der Waals surface area (Å²) in [6, 6.07) is 13.9. The van der Waals surface area contributed by atoms with Crippen LogP contribution in [0.4, 0.5) is 10.2 Å². The summed E-state index contributed by atoms with van der Waals surface area (Å²) in [7, 11) is 0. The van der Waals surface area contributed by atoms with Gasteiger partial charge >= 0.3 is 5.97 Å². The summed E-state index contributed by atoms with van der Waals surface area (Å²) < 4.78 is 20.3. The van der Waals surface area contributed by atoms with Crippen LogP contribution in [0.15, 0.2) is 48.5 Å². The monoisotopic (exact) mass is 379 g/mol. The Morgan fingerprint density at radius 1 is 1.25 bits per heavy atom. The Morgan fingerprint density at radius 2 is 2.04 bits per heavy atom. The Bertz CT molecular complexity index is 1160. The number of aromatic nitrogens is 4. The summed E-state index contributed by atoms with van der Waals surface area (Å²) in [6.07, 6.45) is 0. The number of fused-ring (bicyclic) bond motifs is 3. The molecule has 4 aromatic rings. The number of carbonyl (C=O) groups excluding carboxylic acids is 1. The van der Waals surface area contributed by atoms with Gasteiger partial charge in [-0.15, -0.1) is 5.10 Å². The smallest absolute Gasteiger partial charge is 0.361 e. The maximum atomic E-state index is 13.7. The Balaban J connectivity index is 1.90. The van der Waals surface area contributed by atoms with E-state index in [-0.39, 0.29) is 18.3 Å². The molecule has 0 spiro atoms. The van der Waals surface area contributed by atoms with Crippen molar-refractivity contribution in [2.24, 2.45) is 0 Å². The number of benzene rings is 2. The lowest BCUT2D eigenvalue weighted by Crippen LogP contribution is -2.12. The maximum Gasteiger partial charge on any atom is 0.361 e. The van der Waals surface area contributed by atoms with Crippen molar-refractivity contribution in [3.8, 4) is 0 Å². The van der Waals surface area contributed by atoms with Gasteiger partial charge in [0.15, 0.2) is 5.82 Å². The molecule has 0 fully saturated rings. The molecule has 0 saturated carbocycles. The molecule has 0 aliphatic rings. The second-order valence-corrected chi connectivity index (χ2v) is 6.29. The van der Waals surface area contributed by atoms with Crippen LogP contribution in [0.1, 0.15) is 35.9 Å². The molecule has 2 aromatic carbocycles. The molecule has 1 unspecified atom stereocenters. The van der Waals surface area contributed by atoms with E-state index in [1.807, 2.05) is 37.3 Å². The van der Waals surface area contributed by atoms with Crippen LogP contribution in [0.5, 0.6) is 0 Å². The van der Waals surface area contributed by atoms with Gasteiger partial charge in [0.25, 0.3) is 0 Å². The van der Waals surface area contributed by atoms with Gasteiger partial charge in [-0.05, 0) is 31.5 Å². The van der Waals surface area contributed by atoms with Crippen molar-refractivity contribution in [1.29, 1.82) is 0 Å². The van der Waals surface area contributed by atoms with Crippen LogP contribution in [0.25, 0.3) is 16.6 Å². The average Bonchev–Trinajstić information content (AvgIpc) is 3.14. The molecular weight excluding hydrogens is 361 g/mol. The van der Waals surface area contributed by atoms with E-state index in [1.54, 1.807) is 13.0 Å². The molecular formula is C20H18FN5O2. The highest BCUT2D eigenvalue weighted by Gasteiger charge is 2.23. The number of carbonyl (C=O) groups is 1. The van der Waals surface area contributed by atoms with Crippen molar-refractivity contribution >= 4 is 28.3 Å². The molecule has 7 nitrogen and oxygen atoms in total. The molecule has 28 heavy (non-hydrogen) atoms. The molecule has 1 N–H and O–H groups in total. The summed E-state index contributed by atoms with van der Waals surface area (Å²) >= 11 is 0. The molecule has 2 heterocycles. The van der Waals surface area contributed by atoms with Crippen molar-refractivity contribution < 1.29 is 13.9 Å². The minimum atomic E-state index is -0.587. The molecule has 4 rings (SSSR count). The molecule has 142 valence electrons. The number of halogens is 1. The highest BCUT2D eigenvalue weighted by molar-refractivity contribution is 6.00. The molecule has 1 atom stereocenters. The topological polar surface area (TPSA) is 81.4 Å². The number of nitrogens with one attached hydrogen (secondary N) is 1. The number of nitrogens with zero attached hydrogens (tertiary/aromatic N) is 4. The first-order valence-electron chi connectivity index (χ1n) is 8.91. The largest absolute Gasteiger partial charge is 0.461 e. The Labute approximate surface area is 160 Å². The van der Waals surface area contributed by atoms with E-state index in [4.69, 9.17) is 4.74 Å². The lowest BCUT2D eigenvalue weighted by Gasteiger charge is -2.16. The predicted molar refractivity (Wildman–Crippen MR) is 103 cm³/mol. The first-order valence-corrected chi connectivity index (χ1v) is 8.91. The van der Waals surface area contributed by atoms with Gasteiger partial charge in [-0.1, -0.05) is 35.5 Å². The van der Waals surface area contributed by atoms with Crippen molar-refractivity contribution in [2.75, 3.05) is 11.9 Å². The number of anilines is 1. The van der Waals surface area contributed by atoms with Gasteiger partial charge in [0.2, 0.25) is 5.69 Å². The standard InChI is InChI=1S/C20H18FN5O2/c1-3-28-20(27)17-18-19(22-12(2)13-7-5-4-6-8-13)23-15-11-14(21)9-10-16(15)26(18)25-24-17/h4-12H,3H2,1-2H3,(H,22,23). The number of rotatable bonds is 5. The fourth-order valence-electron chi connectivity index (χ4n) is 3.07. The molecule has 0 amide bonds. The third-order valence-electron chi connectivity index (χ3n) is 4.41. The molecule has 0 aliphatic heterocycles. The molecule has 2 aromatic heterocycles. The van der Waals surface area contributed by atoms with Gasteiger partial charge in [0.1, 0.15) is 11.3 Å². The first kappa shape index (κ1) is 17.8. The summed E-state index contributed by atoms with van der Waals surface area (Å²) in [6.45, 7) is 3.90. The van der Waals surface area contributed by atoms with E-state index in [0.717, 1.165) is 5.56 Å². The van der Waals surface area contributed by atoms with Crippen LogP contribution < -0.4 is 5.32 Å². The Hall–Kier alpha value is -3.55. The summed E-state index contributed by atoms with van der Waals surface area (Å²) in [5, 5.41) is 11.4. The lowest BCUT2D eigenvalue weighted by atomic mass is 10.1. The van der Waals surface area contributed by atoms with Crippen molar-refractivity contribution in [1.82, 2.24) is 19.8 Å². The third-order valence-corrected chi connectivity index (χ3v) is 4.41. The van der Waals surface area contributed by atoms with E-state index in [9.17, 15) is 9.18 Å². The zero-order chi connectivity index (χ0) is 19.7. The number of ether oxygens (including phenoxy) is 1. The predicted octanol–water partition coefficient (Wildman–Crippen LogP) is 3.77. The number of esters is 1. The van der Waals surface area contributed by atoms with Crippen molar-refractivity contribution in [3.63, 3.8) is 0 Å². The van der Waals surface area contributed by atoms with Crippen LogP contribution in [-0.2, 0) is 4.74 Å².